The molecular weight excluding hydrogens is 400 g/mol. The smallest absolute Gasteiger partial charge is 0.308 e. The van der Waals surface area contributed by atoms with E-state index in [1.165, 1.54) is 6.92 Å². The maximum atomic E-state index is 11.9. The standard InChI is InChI=1S/C20H28O10/c1-20(27,9-14(21)22)10-15(23)29-11-13-16(24)17(25)18(26)19(30-13)28-8-7-12-5-3-2-4-6-12/h2-6,13,16-19,24-27H,7-11H2,1H3,(H,21,22)/t13-,16-,17+,18-,19-,20?/m1/s1. The van der Waals surface area contributed by atoms with E-state index in [9.17, 15) is 30.0 Å². The van der Waals surface area contributed by atoms with Crippen molar-refractivity contribution >= 4 is 11.9 Å². The Hall–Kier alpha value is -2.08. The van der Waals surface area contributed by atoms with Gasteiger partial charge in [0.25, 0.3) is 0 Å². The summed E-state index contributed by atoms with van der Waals surface area (Å²) < 4.78 is 15.9. The molecule has 1 heterocycles. The number of benzene rings is 1. The molecule has 1 saturated heterocycles. The predicted octanol–water partition coefficient (Wildman–Crippen LogP) is -0.788. The lowest BCUT2D eigenvalue weighted by Crippen LogP contribution is -2.59. The molecule has 1 aromatic carbocycles. The average Bonchev–Trinajstić information content (AvgIpc) is 2.66. The van der Waals surface area contributed by atoms with Gasteiger partial charge in [0.1, 0.15) is 31.0 Å². The molecule has 6 atom stereocenters. The molecule has 30 heavy (non-hydrogen) atoms. The third-order valence-corrected chi connectivity index (χ3v) is 4.65. The number of ether oxygens (including phenoxy) is 3. The molecule has 0 saturated carbocycles. The van der Waals surface area contributed by atoms with Crippen molar-refractivity contribution in [2.24, 2.45) is 0 Å². The highest BCUT2D eigenvalue weighted by atomic mass is 16.7. The molecule has 0 spiro atoms. The van der Waals surface area contributed by atoms with Crippen molar-refractivity contribution in [2.75, 3.05) is 13.2 Å². The van der Waals surface area contributed by atoms with Crippen LogP contribution in [0.15, 0.2) is 30.3 Å². The molecule has 0 radical (unpaired) electrons. The van der Waals surface area contributed by atoms with Crippen molar-refractivity contribution in [3.63, 3.8) is 0 Å². The number of hydrogen-bond acceptors (Lipinski definition) is 9. The van der Waals surface area contributed by atoms with Gasteiger partial charge in [-0.3, -0.25) is 9.59 Å². The first-order chi connectivity index (χ1) is 14.1. The van der Waals surface area contributed by atoms with Gasteiger partial charge >= 0.3 is 11.9 Å². The van der Waals surface area contributed by atoms with Crippen LogP contribution in [0.3, 0.4) is 0 Å². The topological polar surface area (TPSA) is 163 Å². The minimum atomic E-state index is -1.80. The second-order valence-electron chi connectivity index (χ2n) is 7.55. The number of aliphatic hydroxyl groups excluding tert-OH is 3. The lowest BCUT2D eigenvalue weighted by atomic mass is 9.98. The number of carbonyl (C=O) groups is 2. The lowest BCUT2D eigenvalue weighted by Gasteiger charge is -2.40. The van der Waals surface area contributed by atoms with E-state index in [0.717, 1.165) is 5.56 Å². The minimum Gasteiger partial charge on any atom is -0.481 e. The SMILES string of the molecule is CC(O)(CC(=O)O)CC(=O)OC[C@H]1O[C@@H](OCCc2ccccc2)[C@H](O)[C@@H](O)[C@@H]1O. The summed E-state index contributed by atoms with van der Waals surface area (Å²) in [6.45, 7) is 0.885. The zero-order chi connectivity index (χ0) is 22.3. The molecule has 5 N–H and O–H groups in total. The summed E-state index contributed by atoms with van der Waals surface area (Å²) in [5, 5.41) is 48.8. The van der Waals surface area contributed by atoms with Gasteiger partial charge in [0.05, 0.1) is 25.0 Å². The highest BCUT2D eigenvalue weighted by Gasteiger charge is 2.45. The molecule has 1 unspecified atom stereocenters. The fourth-order valence-corrected chi connectivity index (χ4v) is 3.05. The molecule has 0 bridgehead atoms. The van der Waals surface area contributed by atoms with E-state index >= 15 is 0 Å². The number of carboxylic acid groups (broad SMARTS) is 1. The number of hydrogen-bond donors (Lipinski definition) is 5. The second kappa shape index (κ2) is 10.8. The number of carboxylic acids is 1. The van der Waals surface area contributed by atoms with Crippen LogP contribution in [-0.4, -0.2) is 87.0 Å². The van der Waals surface area contributed by atoms with Gasteiger partial charge in [-0.1, -0.05) is 30.3 Å². The van der Waals surface area contributed by atoms with Gasteiger partial charge in [-0.05, 0) is 18.9 Å². The highest BCUT2D eigenvalue weighted by Crippen LogP contribution is 2.23. The normalized spacial score (nSPS) is 28.5. The summed E-state index contributed by atoms with van der Waals surface area (Å²) in [4.78, 5) is 22.6. The fraction of sp³-hybridized carbons (Fsp3) is 0.600. The maximum absolute atomic E-state index is 11.9. The third kappa shape index (κ3) is 7.31. The molecular formula is C20H28O10. The van der Waals surface area contributed by atoms with Crippen LogP contribution < -0.4 is 0 Å². The van der Waals surface area contributed by atoms with E-state index in [1.807, 2.05) is 30.3 Å². The summed E-state index contributed by atoms with van der Waals surface area (Å²) in [7, 11) is 0. The Morgan fingerprint density at radius 2 is 1.73 bits per heavy atom. The van der Waals surface area contributed by atoms with Gasteiger partial charge in [0.15, 0.2) is 6.29 Å². The van der Waals surface area contributed by atoms with E-state index in [0.29, 0.717) is 6.42 Å². The fourth-order valence-electron chi connectivity index (χ4n) is 3.05. The average molecular weight is 428 g/mol. The van der Waals surface area contributed by atoms with Crippen molar-refractivity contribution in [2.45, 2.75) is 62.5 Å². The molecule has 10 nitrogen and oxygen atoms in total. The Labute approximate surface area is 173 Å². The van der Waals surface area contributed by atoms with Crippen molar-refractivity contribution in [1.29, 1.82) is 0 Å². The van der Waals surface area contributed by atoms with Gasteiger partial charge in [0, 0.05) is 0 Å². The van der Waals surface area contributed by atoms with Crippen molar-refractivity contribution in [3.05, 3.63) is 35.9 Å². The van der Waals surface area contributed by atoms with Crippen LogP contribution in [0.2, 0.25) is 0 Å². The molecule has 1 aromatic rings. The monoisotopic (exact) mass is 428 g/mol. The van der Waals surface area contributed by atoms with Gasteiger partial charge in [-0.25, -0.2) is 0 Å². The minimum absolute atomic E-state index is 0.180. The molecule has 10 heteroatoms. The first-order valence-electron chi connectivity index (χ1n) is 9.54. The molecule has 0 amide bonds. The van der Waals surface area contributed by atoms with Gasteiger partial charge < -0.3 is 39.7 Å². The van der Waals surface area contributed by atoms with Crippen molar-refractivity contribution < 1.29 is 49.3 Å². The van der Waals surface area contributed by atoms with E-state index < -0.39 is 67.7 Å². The first kappa shape index (κ1) is 24.2. The van der Waals surface area contributed by atoms with Gasteiger partial charge in [0.2, 0.25) is 0 Å². The Kier molecular flexibility index (Phi) is 8.71. The van der Waals surface area contributed by atoms with E-state index in [2.05, 4.69) is 0 Å². The summed E-state index contributed by atoms with van der Waals surface area (Å²) in [6.07, 6.45) is -7.74. The molecule has 1 aliphatic heterocycles. The van der Waals surface area contributed by atoms with Crippen LogP contribution in [0.4, 0.5) is 0 Å². The van der Waals surface area contributed by atoms with E-state index in [4.69, 9.17) is 19.3 Å². The molecule has 0 aromatic heterocycles. The lowest BCUT2D eigenvalue weighted by molar-refractivity contribution is -0.301. The summed E-state index contributed by atoms with van der Waals surface area (Å²) in [5.74, 6) is -2.18. The largest absolute Gasteiger partial charge is 0.481 e. The third-order valence-electron chi connectivity index (χ3n) is 4.65. The van der Waals surface area contributed by atoms with Crippen LogP contribution in [0.1, 0.15) is 25.3 Å². The molecule has 1 fully saturated rings. The number of aliphatic hydroxyl groups is 4. The van der Waals surface area contributed by atoms with Crippen LogP contribution in [0, 0.1) is 0 Å². The Morgan fingerprint density at radius 1 is 1.07 bits per heavy atom. The Bertz CT molecular complexity index is 692. The zero-order valence-corrected chi connectivity index (χ0v) is 16.6. The van der Waals surface area contributed by atoms with Crippen LogP contribution in [0.25, 0.3) is 0 Å². The Balaban J connectivity index is 1.85. The van der Waals surface area contributed by atoms with Gasteiger partial charge in [-0.2, -0.15) is 0 Å². The molecule has 1 aliphatic rings. The Morgan fingerprint density at radius 3 is 2.37 bits per heavy atom. The van der Waals surface area contributed by atoms with Gasteiger partial charge in [-0.15, -0.1) is 0 Å². The van der Waals surface area contributed by atoms with Crippen molar-refractivity contribution in [1.82, 2.24) is 0 Å². The van der Waals surface area contributed by atoms with Crippen LogP contribution >= 0.6 is 0 Å². The summed E-state index contributed by atoms with van der Waals surface area (Å²) in [5.41, 5.74) is -0.796. The zero-order valence-electron chi connectivity index (χ0n) is 16.6. The molecule has 168 valence electrons. The number of rotatable bonds is 10. The first-order valence-corrected chi connectivity index (χ1v) is 9.54. The number of esters is 1. The van der Waals surface area contributed by atoms with E-state index in [-0.39, 0.29) is 6.61 Å². The highest BCUT2D eigenvalue weighted by molar-refractivity contribution is 5.73. The molecule has 0 aliphatic carbocycles. The second-order valence-corrected chi connectivity index (χ2v) is 7.55. The van der Waals surface area contributed by atoms with Crippen molar-refractivity contribution in [3.8, 4) is 0 Å². The van der Waals surface area contributed by atoms with E-state index in [1.54, 1.807) is 0 Å². The van der Waals surface area contributed by atoms with Crippen LogP contribution in [-0.2, 0) is 30.2 Å². The maximum Gasteiger partial charge on any atom is 0.308 e. The summed E-state index contributed by atoms with van der Waals surface area (Å²) in [6, 6.07) is 9.44. The summed E-state index contributed by atoms with van der Waals surface area (Å²) >= 11 is 0. The van der Waals surface area contributed by atoms with Crippen LogP contribution in [0.5, 0.6) is 0 Å². The number of carbonyl (C=O) groups excluding carboxylic acids is 1. The quantitative estimate of drug-likeness (QED) is 0.299. The predicted molar refractivity (Wildman–Crippen MR) is 101 cm³/mol. The number of aliphatic carboxylic acids is 1. The molecule has 2 rings (SSSR count).